The van der Waals surface area contributed by atoms with Crippen molar-refractivity contribution in [2.24, 2.45) is 0 Å². The van der Waals surface area contributed by atoms with Gasteiger partial charge >= 0.3 is 5.97 Å². The van der Waals surface area contributed by atoms with Crippen LogP contribution in [0.25, 0.3) is 11.3 Å². The Labute approximate surface area is 159 Å². The minimum atomic E-state index is -1.11. The first-order chi connectivity index (χ1) is 13.3. The average Bonchev–Trinajstić information content (AvgIpc) is 3.13. The second-order valence-electron chi connectivity index (χ2n) is 6.23. The molecule has 1 amide bonds. The lowest BCUT2D eigenvalue weighted by atomic mass is 10.1. The van der Waals surface area contributed by atoms with Crippen molar-refractivity contribution in [2.75, 3.05) is 5.32 Å². The molecule has 0 saturated heterocycles. The van der Waals surface area contributed by atoms with Gasteiger partial charge in [-0.3, -0.25) is 14.9 Å². The quantitative estimate of drug-likeness (QED) is 0.499. The lowest BCUT2D eigenvalue weighted by Crippen LogP contribution is -2.12. The third-order valence-electron chi connectivity index (χ3n) is 4.18. The SMILES string of the molecule is Cc1ccc(-c2ccc(C(=O)Nc3cc(C(=O)O)ccc3C)o2)c([N+](=O)[O-])c1. The van der Waals surface area contributed by atoms with Gasteiger partial charge in [-0.2, -0.15) is 0 Å². The van der Waals surface area contributed by atoms with Crippen molar-refractivity contribution in [3.63, 3.8) is 0 Å². The maximum absolute atomic E-state index is 12.5. The molecule has 142 valence electrons. The Morgan fingerprint density at radius 1 is 1.07 bits per heavy atom. The van der Waals surface area contributed by atoms with Crippen LogP contribution in [0.2, 0.25) is 0 Å². The highest BCUT2D eigenvalue weighted by molar-refractivity contribution is 6.03. The summed E-state index contributed by atoms with van der Waals surface area (Å²) in [6.45, 7) is 3.47. The predicted molar refractivity (Wildman–Crippen MR) is 102 cm³/mol. The number of hydrogen-bond acceptors (Lipinski definition) is 5. The van der Waals surface area contributed by atoms with E-state index in [2.05, 4.69) is 5.32 Å². The molecule has 0 aliphatic carbocycles. The topological polar surface area (TPSA) is 123 Å². The molecule has 2 N–H and O–H groups in total. The minimum Gasteiger partial charge on any atom is -0.478 e. The number of aryl methyl sites for hydroxylation is 2. The van der Waals surface area contributed by atoms with Crippen molar-refractivity contribution in [2.45, 2.75) is 13.8 Å². The average molecular weight is 380 g/mol. The number of aromatic carboxylic acids is 1. The van der Waals surface area contributed by atoms with E-state index < -0.39 is 16.8 Å². The van der Waals surface area contributed by atoms with E-state index in [-0.39, 0.29) is 28.3 Å². The molecule has 3 aromatic rings. The van der Waals surface area contributed by atoms with E-state index in [0.717, 1.165) is 5.56 Å². The minimum absolute atomic E-state index is 0.0383. The molecule has 0 spiro atoms. The van der Waals surface area contributed by atoms with Crippen LogP contribution in [0.3, 0.4) is 0 Å². The van der Waals surface area contributed by atoms with Crippen LogP contribution >= 0.6 is 0 Å². The highest BCUT2D eigenvalue weighted by atomic mass is 16.6. The molecule has 0 atom stereocenters. The molecule has 0 bridgehead atoms. The van der Waals surface area contributed by atoms with E-state index in [0.29, 0.717) is 11.3 Å². The molecule has 28 heavy (non-hydrogen) atoms. The molecule has 3 rings (SSSR count). The molecule has 1 heterocycles. The number of nitrogens with one attached hydrogen (secondary N) is 1. The van der Waals surface area contributed by atoms with Crippen LogP contribution < -0.4 is 5.32 Å². The Morgan fingerprint density at radius 3 is 2.50 bits per heavy atom. The third kappa shape index (κ3) is 3.75. The summed E-state index contributed by atoms with van der Waals surface area (Å²) in [6.07, 6.45) is 0. The van der Waals surface area contributed by atoms with Gasteiger partial charge in [-0.25, -0.2) is 4.79 Å². The van der Waals surface area contributed by atoms with E-state index in [1.54, 1.807) is 32.0 Å². The first-order valence-electron chi connectivity index (χ1n) is 8.27. The van der Waals surface area contributed by atoms with Gasteiger partial charge in [0.2, 0.25) is 0 Å². The summed E-state index contributed by atoms with van der Waals surface area (Å²) in [5, 5.41) is 23.0. The number of carboxylic acids is 1. The summed E-state index contributed by atoms with van der Waals surface area (Å²) >= 11 is 0. The van der Waals surface area contributed by atoms with Crippen LogP contribution in [-0.2, 0) is 0 Å². The third-order valence-corrected chi connectivity index (χ3v) is 4.18. The number of anilines is 1. The van der Waals surface area contributed by atoms with Crippen molar-refractivity contribution in [3.8, 4) is 11.3 Å². The van der Waals surface area contributed by atoms with Gasteiger partial charge in [-0.05, 0) is 55.3 Å². The van der Waals surface area contributed by atoms with E-state index in [1.807, 2.05) is 0 Å². The molecular weight excluding hydrogens is 364 g/mol. The van der Waals surface area contributed by atoms with E-state index in [9.17, 15) is 19.7 Å². The summed E-state index contributed by atoms with van der Waals surface area (Å²) in [5.74, 6) is -1.56. The van der Waals surface area contributed by atoms with Gasteiger partial charge in [0.05, 0.1) is 16.1 Å². The number of nitro benzene ring substituents is 1. The standard InChI is InChI=1S/C20H16N2O6/c1-11-3-6-14(16(9-11)22(26)27)17-7-8-18(28-17)19(23)21-15-10-13(20(24)25)5-4-12(15)2/h3-10H,1-2H3,(H,21,23)(H,24,25). The number of nitro groups is 1. The van der Waals surface area contributed by atoms with Gasteiger partial charge in [-0.15, -0.1) is 0 Å². The second kappa shape index (κ2) is 7.36. The van der Waals surface area contributed by atoms with Crippen molar-refractivity contribution < 1.29 is 24.0 Å². The number of hydrogen-bond donors (Lipinski definition) is 2. The van der Waals surface area contributed by atoms with Gasteiger partial charge in [0.15, 0.2) is 5.76 Å². The predicted octanol–water partition coefficient (Wildman–Crippen LogP) is 4.42. The summed E-state index contributed by atoms with van der Waals surface area (Å²) in [6, 6.07) is 12.0. The van der Waals surface area contributed by atoms with Crippen LogP contribution in [0.4, 0.5) is 11.4 Å². The summed E-state index contributed by atoms with van der Waals surface area (Å²) in [5.41, 5.74) is 1.93. The van der Waals surface area contributed by atoms with Crippen molar-refractivity contribution in [1.82, 2.24) is 0 Å². The van der Waals surface area contributed by atoms with Gasteiger partial charge in [0.25, 0.3) is 11.6 Å². The number of benzene rings is 2. The summed E-state index contributed by atoms with van der Waals surface area (Å²) < 4.78 is 5.52. The number of nitrogens with zero attached hydrogens (tertiary/aromatic N) is 1. The fourth-order valence-corrected chi connectivity index (χ4v) is 2.68. The normalized spacial score (nSPS) is 10.5. The molecule has 0 fully saturated rings. The first-order valence-corrected chi connectivity index (χ1v) is 8.27. The highest BCUT2D eigenvalue weighted by Crippen LogP contribution is 2.32. The molecule has 0 unspecified atom stereocenters. The van der Waals surface area contributed by atoms with E-state index in [1.165, 1.54) is 30.3 Å². The summed E-state index contributed by atoms with van der Waals surface area (Å²) in [4.78, 5) is 34.4. The molecule has 8 heteroatoms. The Hall–Kier alpha value is -3.94. The van der Waals surface area contributed by atoms with Crippen molar-refractivity contribution >= 4 is 23.3 Å². The maximum Gasteiger partial charge on any atom is 0.335 e. The van der Waals surface area contributed by atoms with Crippen molar-refractivity contribution in [1.29, 1.82) is 0 Å². The van der Waals surface area contributed by atoms with Gasteiger partial charge < -0.3 is 14.8 Å². The highest BCUT2D eigenvalue weighted by Gasteiger charge is 2.20. The fourth-order valence-electron chi connectivity index (χ4n) is 2.68. The first kappa shape index (κ1) is 18.8. The summed E-state index contributed by atoms with van der Waals surface area (Å²) in [7, 11) is 0. The van der Waals surface area contributed by atoms with Gasteiger partial charge in [0, 0.05) is 11.8 Å². The van der Waals surface area contributed by atoms with Crippen LogP contribution in [0, 0.1) is 24.0 Å². The fraction of sp³-hybridized carbons (Fsp3) is 0.100. The zero-order valence-electron chi connectivity index (χ0n) is 15.1. The van der Waals surface area contributed by atoms with Crippen LogP contribution in [0.15, 0.2) is 52.9 Å². The monoisotopic (exact) mass is 380 g/mol. The molecule has 8 nitrogen and oxygen atoms in total. The number of amides is 1. The number of carboxylic acid groups (broad SMARTS) is 1. The second-order valence-corrected chi connectivity index (χ2v) is 6.23. The van der Waals surface area contributed by atoms with E-state index >= 15 is 0 Å². The Morgan fingerprint density at radius 2 is 1.82 bits per heavy atom. The van der Waals surface area contributed by atoms with Crippen LogP contribution in [0.5, 0.6) is 0 Å². The Kier molecular flexibility index (Phi) is 4.95. The Bertz CT molecular complexity index is 1100. The van der Waals surface area contributed by atoms with Crippen LogP contribution in [-0.4, -0.2) is 21.9 Å². The maximum atomic E-state index is 12.5. The van der Waals surface area contributed by atoms with Gasteiger partial charge in [0.1, 0.15) is 5.76 Å². The van der Waals surface area contributed by atoms with Crippen LogP contribution in [0.1, 0.15) is 32.0 Å². The number of rotatable bonds is 5. The number of carbonyl (C=O) groups excluding carboxylic acids is 1. The number of carbonyl (C=O) groups is 2. The molecule has 1 aromatic heterocycles. The van der Waals surface area contributed by atoms with Crippen molar-refractivity contribution in [3.05, 3.63) is 81.1 Å². The molecule has 0 radical (unpaired) electrons. The number of furan rings is 1. The zero-order valence-corrected chi connectivity index (χ0v) is 15.1. The molecule has 0 aliphatic heterocycles. The smallest absolute Gasteiger partial charge is 0.335 e. The van der Waals surface area contributed by atoms with Gasteiger partial charge in [-0.1, -0.05) is 12.1 Å². The Balaban J connectivity index is 1.89. The molecule has 0 saturated carbocycles. The molecular formula is C20H16N2O6. The van der Waals surface area contributed by atoms with E-state index in [4.69, 9.17) is 9.52 Å². The molecule has 2 aromatic carbocycles. The lowest BCUT2D eigenvalue weighted by molar-refractivity contribution is -0.384. The zero-order chi connectivity index (χ0) is 20.4. The lowest BCUT2D eigenvalue weighted by Gasteiger charge is -2.08. The molecule has 0 aliphatic rings. The largest absolute Gasteiger partial charge is 0.478 e.